The molecule has 5 heteroatoms. The van der Waals surface area contributed by atoms with Gasteiger partial charge in [0.15, 0.2) is 0 Å². The molecule has 104 valence electrons. The van der Waals surface area contributed by atoms with Crippen LogP contribution in [0.25, 0.3) is 0 Å². The Hall–Kier alpha value is -0.810. The predicted octanol–water partition coefficient (Wildman–Crippen LogP) is 0.474. The Morgan fingerprint density at radius 3 is 1.78 bits per heavy atom. The summed E-state index contributed by atoms with van der Waals surface area (Å²) in [4.78, 5) is 16.5. The van der Waals surface area contributed by atoms with Crippen LogP contribution in [0.15, 0.2) is 0 Å². The van der Waals surface area contributed by atoms with E-state index in [0.29, 0.717) is 12.1 Å². The van der Waals surface area contributed by atoms with E-state index < -0.39 is 0 Å². The summed E-state index contributed by atoms with van der Waals surface area (Å²) in [5.74, 6) is 0. The van der Waals surface area contributed by atoms with Crippen molar-refractivity contribution in [2.24, 2.45) is 0 Å². The van der Waals surface area contributed by atoms with Crippen molar-refractivity contribution in [1.29, 1.82) is 0 Å². The van der Waals surface area contributed by atoms with E-state index in [1.807, 2.05) is 23.9 Å². The third-order valence-electron chi connectivity index (χ3n) is 4.20. The van der Waals surface area contributed by atoms with Gasteiger partial charge in [-0.15, -0.1) is 0 Å². The minimum absolute atomic E-state index is 0.231. The van der Waals surface area contributed by atoms with E-state index in [0.717, 1.165) is 39.0 Å². The fraction of sp³-hybridized carbons (Fsp3) is 0.923. The lowest BCUT2D eigenvalue weighted by atomic mass is 10.0. The molecule has 2 atom stereocenters. The van der Waals surface area contributed by atoms with E-state index in [9.17, 15) is 4.79 Å². The number of piperidine rings is 2. The molecule has 0 radical (unpaired) electrons. The zero-order chi connectivity index (χ0) is 13.0. The molecule has 2 rings (SSSR count). The SMILES string of the molecule is CNC1CCCN(C(=O)N2CCCC(NC)C2)C1. The van der Waals surface area contributed by atoms with Gasteiger partial charge in [-0.25, -0.2) is 4.79 Å². The Bertz CT molecular complexity index is 258. The number of carbonyl (C=O) groups excluding carboxylic acids is 1. The van der Waals surface area contributed by atoms with Crippen molar-refractivity contribution in [3.05, 3.63) is 0 Å². The van der Waals surface area contributed by atoms with Gasteiger partial charge in [-0.2, -0.15) is 0 Å². The molecule has 2 heterocycles. The van der Waals surface area contributed by atoms with Gasteiger partial charge in [0, 0.05) is 38.3 Å². The summed E-state index contributed by atoms with van der Waals surface area (Å²) in [5, 5.41) is 6.57. The molecule has 0 saturated carbocycles. The highest BCUT2D eigenvalue weighted by molar-refractivity contribution is 5.74. The van der Waals surface area contributed by atoms with Crippen LogP contribution in [0.3, 0.4) is 0 Å². The maximum atomic E-state index is 12.5. The molecule has 2 saturated heterocycles. The lowest BCUT2D eigenvalue weighted by Gasteiger charge is -2.39. The fourth-order valence-electron chi connectivity index (χ4n) is 2.97. The van der Waals surface area contributed by atoms with Gasteiger partial charge in [0.1, 0.15) is 0 Å². The number of rotatable bonds is 2. The second-order valence-corrected chi connectivity index (χ2v) is 5.43. The predicted molar refractivity (Wildman–Crippen MR) is 72.7 cm³/mol. The molecule has 2 fully saturated rings. The Morgan fingerprint density at radius 1 is 0.944 bits per heavy atom. The van der Waals surface area contributed by atoms with Crippen LogP contribution < -0.4 is 10.6 Å². The van der Waals surface area contributed by atoms with Crippen LogP contribution >= 0.6 is 0 Å². The topological polar surface area (TPSA) is 47.6 Å². The summed E-state index contributed by atoms with van der Waals surface area (Å²) < 4.78 is 0. The normalized spacial score (nSPS) is 29.4. The number of nitrogens with zero attached hydrogens (tertiary/aromatic N) is 2. The van der Waals surface area contributed by atoms with Crippen molar-refractivity contribution >= 4 is 6.03 Å². The second-order valence-electron chi connectivity index (χ2n) is 5.43. The standard InChI is InChI=1S/C13H26N4O/c1-14-11-5-3-7-16(9-11)13(18)17-8-4-6-12(10-17)15-2/h11-12,14-15H,3-10H2,1-2H3. The van der Waals surface area contributed by atoms with E-state index in [4.69, 9.17) is 0 Å². The lowest BCUT2D eigenvalue weighted by Crippen LogP contribution is -2.55. The minimum atomic E-state index is 0.231. The number of likely N-dealkylation sites (tertiary alicyclic amines) is 2. The summed E-state index contributed by atoms with van der Waals surface area (Å²) >= 11 is 0. The maximum Gasteiger partial charge on any atom is 0.320 e. The first-order valence-electron chi connectivity index (χ1n) is 7.13. The number of hydrogen-bond donors (Lipinski definition) is 2. The number of carbonyl (C=O) groups is 1. The Balaban J connectivity index is 1.89. The van der Waals surface area contributed by atoms with Gasteiger partial charge in [-0.05, 0) is 39.8 Å². The Kier molecular flexibility index (Phi) is 4.83. The highest BCUT2D eigenvalue weighted by Gasteiger charge is 2.29. The molecule has 18 heavy (non-hydrogen) atoms. The molecular weight excluding hydrogens is 228 g/mol. The molecule has 0 aromatic rings. The van der Waals surface area contributed by atoms with Crippen molar-refractivity contribution in [2.45, 2.75) is 37.8 Å². The quantitative estimate of drug-likeness (QED) is 0.753. The first-order valence-corrected chi connectivity index (χ1v) is 7.13. The number of urea groups is 1. The van der Waals surface area contributed by atoms with E-state index in [2.05, 4.69) is 10.6 Å². The molecule has 0 aromatic heterocycles. The number of nitrogens with one attached hydrogen (secondary N) is 2. The van der Waals surface area contributed by atoms with Gasteiger partial charge in [-0.1, -0.05) is 0 Å². The highest BCUT2D eigenvalue weighted by Crippen LogP contribution is 2.16. The molecule has 2 N–H and O–H groups in total. The van der Waals surface area contributed by atoms with Crippen LogP contribution in [0.1, 0.15) is 25.7 Å². The van der Waals surface area contributed by atoms with Gasteiger partial charge in [0.2, 0.25) is 0 Å². The summed E-state index contributed by atoms with van der Waals surface area (Å²) in [6.45, 7) is 3.54. The molecule has 0 bridgehead atoms. The minimum Gasteiger partial charge on any atom is -0.323 e. The maximum absolute atomic E-state index is 12.5. The number of likely N-dealkylation sites (N-methyl/N-ethyl adjacent to an activating group) is 2. The molecule has 2 aliphatic rings. The first-order chi connectivity index (χ1) is 8.74. The van der Waals surface area contributed by atoms with Crippen molar-refractivity contribution in [3.8, 4) is 0 Å². The number of amides is 2. The average Bonchev–Trinajstić information content (AvgIpc) is 2.46. The van der Waals surface area contributed by atoms with Gasteiger partial charge in [-0.3, -0.25) is 0 Å². The number of hydrogen-bond acceptors (Lipinski definition) is 3. The summed E-state index contributed by atoms with van der Waals surface area (Å²) in [5.41, 5.74) is 0. The Morgan fingerprint density at radius 2 is 1.39 bits per heavy atom. The van der Waals surface area contributed by atoms with Crippen molar-refractivity contribution < 1.29 is 4.79 Å². The smallest absolute Gasteiger partial charge is 0.320 e. The third kappa shape index (κ3) is 3.14. The average molecular weight is 254 g/mol. The fourth-order valence-corrected chi connectivity index (χ4v) is 2.97. The second kappa shape index (κ2) is 6.38. The molecule has 0 aliphatic carbocycles. The van der Waals surface area contributed by atoms with Crippen molar-refractivity contribution in [2.75, 3.05) is 40.3 Å². The van der Waals surface area contributed by atoms with Crippen LogP contribution in [0, 0.1) is 0 Å². The van der Waals surface area contributed by atoms with Crippen LogP contribution in [0.4, 0.5) is 4.79 Å². The lowest BCUT2D eigenvalue weighted by molar-refractivity contribution is 0.121. The highest BCUT2D eigenvalue weighted by atomic mass is 16.2. The molecule has 2 unspecified atom stereocenters. The molecular formula is C13H26N4O. The van der Waals surface area contributed by atoms with Crippen LogP contribution in [-0.2, 0) is 0 Å². The Labute approximate surface area is 110 Å². The molecule has 2 aliphatic heterocycles. The largest absolute Gasteiger partial charge is 0.323 e. The van der Waals surface area contributed by atoms with Crippen molar-refractivity contribution in [3.63, 3.8) is 0 Å². The van der Waals surface area contributed by atoms with E-state index in [1.165, 1.54) is 12.8 Å². The summed E-state index contributed by atoms with van der Waals surface area (Å²) in [7, 11) is 3.97. The van der Waals surface area contributed by atoms with Crippen LogP contribution in [0.2, 0.25) is 0 Å². The van der Waals surface area contributed by atoms with E-state index in [-0.39, 0.29) is 6.03 Å². The summed E-state index contributed by atoms with van der Waals surface area (Å²) in [6.07, 6.45) is 4.58. The molecule has 0 aromatic carbocycles. The van der Waals surface area contributed by atoms with Crippen LogP contribution in [-0.4, -0.2) is 68.2 Å². The van der Waals surface area contributed by atoms with Gasteiger partial charge in [0.05, 0.1) is 0 Å². The zero-order valence-corrected chi connectivity index (χ0v) is 11.6. The molecule has 2 amide bonds. The molecule has 0 spiro atoms. The molecule has 5 nitrogen and oxygen atoms in total. The van der Waals surface area contributed by atoms with Gasteiger partial charge < -0.3 is 20.4 Å². The first kappa shape index (κ1) is 13.6. The third-order valence-corrected chi connectivity index (χ3v) is 4.20. The zero-order valence-electron chi connectivity index (χ0n) is 11.6. The van der Waals surface area contributed by atoms with E-state index in [1.54, 1.807) is 0 Å². The van der Waals surface area contributed by atoms with Crippen molar-refractivity contribution in [1.82, 2.24) is 20.4 Å². The monoisotopic (exact) mass is 254 g/mol. The van der Waals surface area contributed by atoms with Crippen LogP contribution in [0.5, 0.6) is 0 Å². The summed E-state index contributed by atoms with van der Waals surface area (Å²) in [6, 6.07) is 1.16. The van der Waals surface area contributed by atoms with Gasteiger partial charge in [0.25, 0.3) is 0 Å². The van der Waals surface area contributed by atoms with Gasteiger partial charge >= 0.3 is 6.03 Å². The van der Waals surface area contributed by atoms with E-state index >= 15 is 0 Å².